The van der Waals surface area contributed by atoms with E-state index in [-0.39, 0.29) is 23.9 Å². The summed E-state index contributed by atoms with van der Waals surface area (Å²) in [7, 11) is 1.64. The molecule has 3 rings (SSSR count). The lowest BCUT2D eigenvalue weighted by atomic mass is 9.94. The van der Waals surface area contributed by atoms with Crippen LogP contribution in [0.4, 0.5) is 0 Å². The monoisotopic (exact) mass is 305 g/mol. The fourth-order valence-electron chi connectivity index (χ4n) is 3.29. The quantitative estimate of drug-likeness (QED) is 0.837. The number of benzene rings is 1. The van der Waals surface area contributed by atoms with Crippen LogP contribution in [-0.2, 0) is 16.0 Å². The molecule has 1 fully saturated rings. The molecule has 0 bridgehead atoms. The summed E-state index contributed by atoms with van der Waals surface area (Å²) in [5.41, 5.74) is 1.07. The van der Waals surface area contributed by atoms with Gasteiger partial charge in [-0.25, -0.2) is 0 Å². The maximum atomic E-state index is 12.9. The van der Waals surface area contributed by atoms with Gasteiger partial charge in [-0.1, -0.05) is 6.07 Å². The molecule has 0 unspecified atom stereocenters. The zero-order valence-electron chi connectivity index (χ0n) is 13.4. The minimum absolute atomic E-state index is 0.119. The van der Waals surface area contributed by atoms with E-state index >= 15 is 0 Å². The van der Waals surface area contributed by atoms with Crippen LogP contribution in [0.1, 0.15) is 19.4 Å². The van der Waals surface area contributed by atoms with Gasteiger partial charge < -0.3 is 19.1 Å². The van der Waals surface area contributed by atoms with E-state index < -0.39 is 0 Å². The average molecular weight is 305 g/mol. The molecule has 2 heterocycles. The van der Waals surface area contributed by atoms with Gasteiger partial charge in [-0.15, -0.1) is 0 Å². The smallest absolute Gasteiger partial charge is 0.230 e. The summed E-state index contributed by atoms with van der Waals surface area (Å²) in [6.45, 7) is 5.72. The van der Waals surface area contributed by atoms with Crippen molar-refractivity contribution in [3.8, 4) is 11.5 Å². The zero-order chi connectivity index (χ0) is 15.7. The number of ether oxygens (including phenoxy) is 3. The van der Waals surface area contributed by atoms with E-state index in [2.05, 4.69) is 0 Å². The third kappa shape index (κ3) is 2.77. The number of carbonyl (C=O) groups is 1. The number of nitrogens with zero attached hydrogens (tertiary/aromatic N) is 1. The van der Waals surface area contributed by atoms with Crippen molar-refractivity contribution in [3.05, 3.63) is 23.8 Å². The van der Waals surface area contributed by atoms with Crippen molar-refractivity contribution in [2.24, 2.45) is 5.92 Å². The van der Waals surface area contributed by atoms with Gasteiger partial charge in [0.25, 0.3) is 0 Å². The Hall–Kier alpha value is -1.75. The summed E-state index contributed by atoms with van der Waals surface area (Å²) in [5.74, 6) is 1.65. The van der Waals surface area contributed by atoms with E-state index in [0.717, 1.165) is 23.5 Å². The fraction of sp³-hybridized carbons (Fsp3) is 0.588. The topological polar surface area (TPSA) is 48.0 Å². The number of methoxy groups -OCH3 is 1. The molecule has 1 aromatic rings. The normalized spacial score (nSPS) is 27.8. The Morgan fingerprint density at radius 1 is 1.23 bits per heavy atom. The maximum absolute atomic E-state index is 12.9. The van der Waals surface area contributed by atoms with Gasteiger partial charge in [0.2, 0.25) is 5.91 Å². The predicted octanol–water partition coefficient (Wildman–Crippen LogP) is 1.88. The third-order valence-corrected chi connectivity index (χ3v) is 4.45. The minimum atomic E-state index is -0.121. The predicted molar refractivity (Wildman–Crippen MR) is 82.3 cm³/mol. The highest BCUT2D eigenvalue weighted by Crippen LogP contribution is 2.32. The highest BCUT2D eigenvalue weighted by molar-refractivity contribution is 5.80. The molecular weight excluding hydrogens is 282 g/mol. The highest BCUT2D eigenvalue weighted by Gasteiger charge is 2.36. The number of hydrogen-bond donors (Lipinski definition) is 0. The Morgan fingerprint density at radius 3 is 2.64 bits per heavy atom. The van der Waals surface area contributed by atoms with E-state index in [4.69, 9.17) is 14.2 Å². The summed E-state index contributed by atoms with van der Waals surface area (Å²) < 4.78 is 16.5. The van der Waals surface area contributed by atoms with Gasteiger partial charge in [-0.2, -0.15) is 0 Å². The molecule has 22 heavy (non-hydrogen) atoms. The second-order valence-corrected chi connectivity index (χ2v) is 6.17. The summed E-state index contributed by atoms with van der Waals surface area (Å²) >= 11 is 0. The first-order valence-electron chi connectivity index (χ1n) is 7.79. The fourth-order valence-corrected chi connectivity index (χ4v) is 3.29. The summed E-state index contributed by atoms with van der Waals surface area (Å²) in [4.78, 5) is 14.8. The number of morpholine rings is 1. The molecule has 1 saturated heterocycles. The van der Waals surface area contributed by atoms with Gasteiger partial charge in [0.05, 0.1) is 38.3 Å². The number of hydrogen-bond acceptors (Lipinski definition) is 4. The lowest BCUT2D eigenvalue weighted by Gasteiger charge is -2.41. The summed E-state index contributed by atoms with van der Waals surface area (Å²) in [6.07, 6.45) is 0.717. The number of amides is 1. The molecule has 5 heteroatoms. The summed E-state index contributed by atoms with van der Waals surface area (Å²) in [6, 6.07) is 6.02. The Balaban J connectivity index is 1.75. The lowest BCUT2D eigenvalue weighted by Crippen LogP contribution is -2.55. The Kier molecular flexibility index (Phi) is 4.25. The van der Waals surface area contributed by atoms with E-state index in [1.807, 2.05) is 36.9 Å². The third-order valence-electron chi connectivity index (χ3n) is 4.45. The number of fused-ring (bicyclic) bond motifs is 1. The molecule has 5 nitrogen and oxygen atoms in total. The van der Waals surface area contributed by atoms with E-state index in [1.165, 1.54) is 0 Å². The molecule has 1 aromatic carbocycles. The molecule has 0 aliphatic carbocycles. The number of carbonyl (C=O) groups excluding carboxylic acids is 1. The van der Waals surface area contributed by atoms with Gasteiger partial charge in [-0.05, 0) is 31.9 Å². The van der Waals surface area contributed by atoms with Crippen molar-refractivity contribution in [1.29, 1.82) is 0 Å². The van der Waals surface area contributed by atoms with Gasteiger partial charge in [0, 0.05) is 6.07 Å². The van der Waals surface area contributed by atoms with Crippen LogP contribution in [0.3, 0.4) is 0 Å². The van der Waals surface area contributed by atoms with Gasteiger partial charge in [0.15, 0.2) is 0 Å². The maximum Gasteiger partial charge on any atom is 0.230 e. The Bertz CT molecular complexity index is 550. The molecule has 3 atom stereocenters. The Labute approximate surface area is 131 Å². The van der Waals surface area contributed by atoms with Gasteiger partial charge in [-0.3, -0.25) is 4.79 Å². The molecule has 0 aromatic heterocycles. The van der Waals surface area contributed by atoms with Crippen molar-refractivity contribution in [2.75, 3.05) is 26.9 Å². The van der Waals surface area contributed by atoms with Crippen LogP contribution in [0.2, 0.25) is 0 Å². The van der Waals surface area contributed by atoms with Crippen LogP contribution in [-0.4, -0.2) is 49.8 Å². The summed E-state index contributed by atoms with van der Waals surface area (Å²) in [5, 5.41) is 0. The lowest BCUT2D eigenvalue weighted by molar-refractivity contribution is -0.150. The molecule has 0 N–H and O–H groups in total. The molecule has 1 amide bonds. The molecule has 2 aliphatic heterocycles. The van der Waals surface area contributed by atoms with Gasteiger partial charge in [0.1, 0.15) is 18.1 Å². The van der Waals surface area contributed by atoms with Crippen molar-refractivity contribution in [1.82, 2.24) is 4.90 Å². The van der Waals surface area contributed by atoms with E-state index in [1.54, 1.807) is 7.11 Å². The SMILES string of the molecule is COc1ccc2c(c1)OC[C@H](C(=O)N1[C@H](C)COC[C@@H]1C)C2. The minimum Gasteiger partial charge on any atom is -0.497 e. The standard InChI is InChI=1S/C17H23NO4/c1-11-8-21-9-12(2)18(11)17(19)14-6-13-4-5-15(20-3)7-16(13)22-10-14/h4-5,7,11-12,14H,6,8-10H2,1-3H3/t11-,12+,14-/m1/s1. The highest BCUT2D eigenvalue weighted by atomic mass is 16.5. The van der Waals surface area contributed by atoms with Crippen LogP contribution in [0, 0.1) is 5.92 Å². The van der Waals surface area contributed by atoms with Crippen LogP contribution in [0.5, 0.6) is 11.5 Å². The molecule has 120 valence electrons. The van der Waals surface area contributed by atoms with Crippen molar-refractivity contribution >= 4 is 5.91 Å². The van der Waals surface area contributed by atoms with Gasteiger partial charge >= 0.3 is 0 Å². The molecule has 0 radical (unpaired) electrons. The molecular formula is C17H23NO4. The average Bonchev–Trinajstić information content (AvgIpc) is 2.53. The molecule has 0 saturated carbocycles. The molecule has 2 aliphatic rings. The first kappa shape index (κ1) is 15.2. The van der Waals surface area contributed by atoms with Crippen LogP contribution in [0.25, 0.3) is 0 Å². The van der Waals surface area contributed by atoms with Crippen molar-refractivity contribution < 1.29 is 19.0 Å². The van der Waals surface area contributed by atoms with Crippen LogP contribution in [0.15, 0.2) is 18.2 Å². The second kappa shape index (κ2) is 6.16. The number of rotatable bonds is 2. The van der Waals surface area contributed by atoms with Crippen molar-refractivity contribution in [3.63, 3.8) is 0 Å². The van der Waals surface area contributed by atoms with E-state index in [9.17, 15) is 4.79 Å². The van der Waals surface area contributed by atoms with Crippen LogP contribution >= 0.6 is 0 Å². The van der Waals surface area contributed by atoms with Crippen molar-refractivity contribution in [2.45, 2.75) is 32.4 Å². The zero-order valence-corrected chi connectivity index (χ0v) is 13.4. The first-order valence-corrected chi connectivity index (χ1v) is 7.79. The van der Waals surface area contributed by atoms with E-state index in [0.29, 0.717) is 19.8 Å². The first-order chi connectivity index (χ1) is 10.6. The Morgan fingerprint density at radius 2 is 1.95 bits per heavy atom. The largest absolute Gasteiger partial charge is 0.497 e. The van der Waals surface area contributed by atoms with Crippen LogP contribution < -0.4 is 9.47 Å². The second-order valence-electron chi connectivity index (χ2n) is 6.17. The molecule has 0 spiro atoms.